The maximum absolute atomic E-state index is 12.3. The van der Waals surface area contributed by atoms with E-state index in [1.807, 2.05) is 49.4 Å². The Morgan fingerprint density at radius 2 is 1.90 bits per heavy atom. The monoisotopic (exact) mass is 498 g/mol. The molecule has 0 radical (unpaired) electrons. The summed E-state index contributed by atoms with van der Waals surface area (Å²) in [7, 11) is 0. The van der Waals surface area contributed by atoms with Gasteiger partial charge in [0.15, 0.2) is 5.11 Å². The Balaban J connectivity index is 1.44. The number of hydrogen-bond donors (Lipinski definition) is 3. The molecule has 0 aliphatic carbocycles. The van der Waals surface area contributed by atoms with Gasteiger partial charge in [-0.1, -0.05) is 33.6 Å². The van der Waals surface area contributed by atoms with E-state index in [9.17, 15) is 4.79 Å². The number of halogens is 2. The first-order valence-corrected chi connectivity index (χ1v) is 10.6. The first-order chi connectivity index (χ1) is 14.4. The van der Waals surface area contributed by atoms with Crippen LogP contribution in [0, 0.1) is 6.92 Å². The minimum Gasteiger partial charge on any atom is -0.338 e. The molecule has 0 unspecified atom stereocenters. The molecule has 0 atom stereocenters. The minimum absolute atomic E-state index is 0.224. The van der Waals surface area contributed by atoms with Crippen molar-refractivity contribution < 1.29 is 4.79 Å². The molecule has 1 aromatic heterocycles. The molecule has 1 heterocycles. The van der Waals surface area contributed by atoms with Crippen molar-refractivity contribution >= 4 is 67.5 Å². The predicted octanol–water partition coefficient (Wildman–Crippen LogP) is 6.08. The van der Waals surface area contributed by atoms with Crippen LogP contribution in [0.3, 0.4) is 0 Å². The maximum atomic E-state index is 12.3. The number of H-pyrrole nitrogens is 1. The Morgan fingerprint density at radius 3 is 2.63 bits per heavy atom. The SMILES string of the molecule is Cc1cc2[nH]c(-c3ccc(NC(=S)NC(=O)c4cccc(Br)c4)cc3)nc2cc1Cl. The first kappa shape index (κ1) is 20.5. The van der Waals surface area contributed by atoms with Gasteiger partial charge in [-0.05, 0) is 79.3 Å². The summed E-state index contributed by atoms with van der Waals surface area (Å²) in [5, 5.41) is 6.61. The molecule has 30 heavy (non-hydrogen) atoms. The smallest absolute Gasteiger partial charge is 0.257 e. The van der Waals surface area contributed by atoms with Crippen LogP contribution in [0.15, 0.2) is 65.1 Å². The summed E-state index contributed by atoms with van der Waals surface area (Å²) >= 11 is 14.8. The van der Waals surface area contributed by atoms with Crippen molar-refractivity contribution in [1.29, 1.82) is 0 Å². The van der Waals surface area contributed by atoms with Crippen molar-refractivity contribution in [1.82, 2.24) is 15.3 Å². The first-order valence-electron chi connectivity index (χ1n) is 9.03. The van der Waals surface area contributed by atoms with Crippen LogP contribution in [0.5, 0.6) is 0 Å². The average molecular weight is 500 g/mol. The molecule has 3 N–H and O–H groups in total. The van der Waals surface area contributed by atoms with E-state index in [4.69, 9.17) is 23.8 Å². The summed E-state index contributed by atoms with van der Waals surface area (Å²) in [6.07, 6.45) is 0. The third-order valence-corrected chi connectivity index (χ3v) is 5.60. The van der Waals surface area contributed by atoms with E-state index in [0.29, 0.717) is 10.6 Å². The summed E-state index contributed by atoms with van der Waals surface area (Å²) in [5.74, 6) is 0.477. The van der Waals surface area contributed by atoms with E-state index in [-0.39, 0.29) is 11.0 Å². The zero-order valence-electron chi connectivity index (χ0n) is 15.8. The quantitative estimate of drug-likeness (QED) is 0.299. The Kier molecular flexibility index (Phi) is 5.85. The number of fused-ring (bicyclic) bond motifs is 1. The minimum atomic E-state index is -0.276. The number of thiocarbonyl (C=S) groups is 1. The molecular formula is C22H16BrClN4OS. The Morgan fingerprint density at radius 1 is 1.13 bits per heavy atom. The van der Waals surface area contributed by atoms with Gasteiger partial charge in [-0.2, -0.15) is 0 Å². The maximum Gasteiger partial charge on any atom is 0.257 e. The number of rotatable bonds is 3. The summed E-state index contributed by atoms with van der Waals surface area (Å²) in [6.45, 7) is 1.96. The highest BCUT2D eigenvalue weighted by atomic mass is 79.9. The predicted molar refractivity (Wildman–Crippen MR) is 129 cm³/mol. The van der Waals surface area contributed by atoms with Crippen LogP contribution in [-0.4, -0.2) is 21.0 Å². The standard InChI is InChI=1S/C22H16BrClN4OS/c1-12-9-18-19(11-17(12)24)27-20(26-18)13-5-7-16(8-6-13)25-22(30)28-21(29)14-3-2-4-15(23)10-14/h2-11H,1H3,(H,26,27)(H2,25,28,29,30). The van der Waals surface area contributed by atoms with Gasteiger partial charge >= 0.3 is 0 Å². The van der Waals surface area contributed by atoms with Crippen molar-refractivity contribution in [3.63, 3.8) is 0 Å². The third-order valence-electron chi connectivity index (χ3n) is 4.49. The summed E-state index contributed by atoms with van der Waals surface area (Å²) in [6, 6.07) is 18.5. The Bertz CT molecular complexity index is 1230. The van der Waals surface area contributed by atoms with Crippen molar-refractivity contribution in [2.75, 3.05) is 5.32 Å². The second kappa shape index (κ2) is 8.55. The zero-order chi connectivity index (χ0) is 21.3. The molecule has 0 aliphatic rings. The number of aryl methyl sites for hydroxylation is 1. The molecule has 0 saturated heterocycles. The molecule has 0 fully saturated rings. The van der Waals surface area contributed by atoms with E-state index in [0.717, 1.165) is 38.1 Å². The van der Waals surface area contributed by atoms with Gasteiger partial charge in [-0.25, -0.2) is 4.98 Å². The fourth-order valence-electron chi connectivity index (χ4n) is 2.96. The van der Waals surface area contributed by atoms with Gasteiger partial charge in [-0.15, -0.1) is 0 Å². The number of anilines is 1. The molecule has 0 saturated carbocycles. The molecule has 0 aliphatic heterocycles. The van der Waals surface area contributed by atoms with E-state index in [2.05, 4.69) is 36.5 Å². The second-order valence-corrected chi connectivity index (χ2v) is 8.43. The highest BCUT2D eigenvalue weighted by Gasteiger charge is 2.10. The van der Waals surface area contributed by atoms with Crippen LogP contribution in [0.4, 0.5) is 5.69 Å². The number of benzene rings is 3. The number of aromatic nitrogens is 2. The fraction of sp³-hybridized carbons (Fsp3) is 0.0455. The summed E-state index contributed by atoms with van der Waals surface area (Å²) in [5.41, 5.74) is 4.95. The van der Waals surface area contributed by atoms with Crippen LogP contribution in [0.2, 0.25) is 5.02 Å². The number of nitrogens with zero attached hydrogens (tertiary/aromatic N) is 1. The number of nitrogens with one attached hydrogen (secondary N) is 3. The second-order valence-electron chi connectivity index (χ2n) is 6.70. The van der Waals surface area contributed by atoms with Gasteiger partial charge in [-0.3, -0.25) is 10.1 Å². The summed E-state index contributed by atoms with van der Waals surface area (Å²) in [4.78, 5) is 20.2. The number of aromatic amines is 1. The number of hydrogen-bond acceptors (Lipinski definition) is 3. The molecule has 4 rings (SSSR count). The van der Waals surface area contributed by atoms with Gasteiger partial charge in [0.2, 0.25) is 0 Å². The molecule has 3 aromatic carbocycles. The van der Waals surface area contributed by atoms with E-state index >= 15 is 0 Å². The van der Waals surface area contributed by atoms with Crippen LogP contribution in [0.1, 0.15) is 15.9 Å². The average Bonchev–Trinajstić information content (AvgIpc) is 3.11. The van der Waals surface area contributed by atoms with Crippen LogP contribution >= 0.6 is 39.7 Å². The molecular weight excluding hydrogens is 484 g/mol. The largest absolute Gasteiger partial charge is 0.338 e. The third kappa shape index (κ3) is 4.53. The molecule has 8 heteroatoms. The molecule has 0 bridgehead atoms. The van der Waals surface area contributed by atoms with E-state index in [1.165, 1.54) is 0 Å². The van der Waals surface area contributed by atoms with Crippen molar-refractivity contribution in [3.05, 3.63) is 81.3 Å². The van der Waals surface area contributed by atoms with Crippen molar-refractivity contribution in [3.8, 4) is 11.4 Å². The lowest BCUT2D eigenvalue weighted by molar-refractivity contribution is 0.0977. The molecule has 1 amide bonds. The normalized spacial score (nSPS) is 10.8. The Hall–Kier alpha value is -2.74. The van der Waals surface area contributed by atoms with E-state index in [1.54, 1.807) is 18.2 Å². The highest BCUT2D eigenvalue weighted by Crippen LogP contribution is 2.26. The van der Waals surface area contributed by atoms with Crippen LogP contribution < -0.4 is 10.6 Å². The van der Waals surface area contributed by atoms with Crippen molar-refractivity contribution in [2.45, 2.75) is 6.92 Å². The fourth-order valence-corrected chi connectivity index (χ4v) is 3.72. The lowest BCUT2D eigenvalue weighted by Crippen LogP contribution is -2.34. The number of imidazole rings is 1. The Labute approximate surface area is 192 Å². The molecule has 5 nitrogen and oxygen atoms in total. The van der Waals surface area contributed by atoms with E-state index < -0.39 is 0 Å². The molecule has 0 spiro atoms. The van der Waals surface area contributed by atoms with Gasteiger partial charge in [0.25, 0.3) is 5.91 Å². The lowest BCUT2D eigenvalue weighted by Gasteiger charge is -2.10. The van der Waals surface area contributed by atoms with Gasteiger partial charge in [0, 0.05) is 26.3 Å². The van der Waals surface area contributed by atoms with Crippen molar-refractivity contribution in [2.24, 2.45) is 0 Å². The van der Waals surface area contributed by atoms with Gasteiger partial charge in [0.05, 0.1) is 11.0 Å². The zero-order valence-corrected chi connectivity index (χ0v) is 19.0. The lowest BCUT2D eigenvalue weighted by atomic mass is 10.2. The van der Waals surface area contributed by atoms with Gasteiger partial charge in [0.1, 0.15) is 5.82 Å². The number of carbonyl (C=O) groups excluding carboxylic acids is 1. The summed E-state index contributed by atoms with van der Waals surface area (Å²) < 4.78 is 0.827. The molecule has 150 valence electrons. The highest BCUT2D eigenvalue weighted by molar-refractivity contribution is 9.10. The number of carbonyl (C=O) groups is 1. The van der Waals surface area contributed by atoms with Crippen LogP contribution in [-0.2, 0) is 0 Å². The number of amides is 1. The van der Waals surface area contributed by atoms with Gasteiger partial charge < -0.3 is 10.3 Å². The topological polar surface area (TPSA) is 69.8 Å². The van der Waals surface area contributed by atoms with Crippen LogP contribution in [0.25, 0.3) is 22.4 Å². The molecule has 4 aromatic rings.